The SMILES string of the molecule is CCOC(=O)C1CCN(c2ncnc3sc(C)cc23)CC1. The summed E-state index contributed by atoms with van der Waals surface area (Å²) in [7, 11) is 0. The Hall–Kier alpha value is -1.69. The predicted octanol–water partition coefficient (Wildman–Crippen LogP) is 2.78. The number of hydrogen-bond donors (Lipinski definition) is 0. The minimum absolute atomic E-state index is 0.0303. The number of nitrogens with zero attached hydrogens (tertiary/aromatic N) is 3. The number of esters is 1. The van der Waals surface area contributed by atoms with E-state index in [1.165, 1.54) is 4.88 Å². The Morgan fingerprint density at radius 1 is 1.43 bits per heavy atom. The van der Waals surface area contributed by atoms with Crippen LogP contribution in [0.5, 0.6) is 0 Å². The molecule has 0 bridgehead atoms. The average Bonchev–Trinajstić information content (AvgIpc) is 2.87. The van der Waals surface area contributed by atoms with Gasteiger partial charge in [0.05, 0.1) is 17.9 Å². The third-order valence-electron chi connectivity index (χ3n) is 3.85. The lowest BCUT2D eigenvalue weighted by Crippen LogP contribution is -2.37. The number of thiophene rings is 1. The van der Waals surface area contributed by atoms with Gasteiger partial charge in [-0.25, -0.2) is 9.97 Å². The number of carbonyl (C=O) groups is 1. The molecule has 1 aliphatic rings. The number of ether oxygens (including phenoxy) is 1. The van der Waals surface area contributed by atoms with E-state index < -0.39 is 0 Å². The van der Waals surface area contributed by atoms with Crippen LogP contribution in [0.25, 0.3) is 10.2 Å². The fourth-order valence-electron chi connectivity index (χ4n) is 2.80. The van der Waals surface area contributed by atoms with Crippen LogP contribution in [-0.4, -0.2) is 35.6 Å². The van der Waals surface area contributed by atoms with Crippen molar-refractivity contribution in [2.24, 2.45) is 5.92 Å². The van der Waals surface area contributed by atoms with Crippen LogP contribution in [-0.2, 0) is 9.53 Å². The van der Waals surface area contributed by atoms with Crippen molar-refractivity contribution < 1.29 is 9.53 Å². The Bertz CT molecular complexity index is 647. The number of hydrogen-bond acceptors (Lipinski definition) is 6. The van der Waals surface area contributed by atoms with Gasteiger partial charge in [0.1, 0.15) is 17.0 Å². The molecule has 1 saturated heterocycles. The molecule has 2 aromatic rings. The van der Waals surface area contributed by atoms with Crippen LogP contribution in [0.1, 0.15) is 24.6 Å². The second-order valence-electron chi connectivity index (χ2n) is 5.29. The highest BCUT2D eigenvalue weighted by molar-refractivity contribution is 7.18. The molecule has 0 saturated carbocycles. The first-order valence-corrected chi connectivity index (χ1v) is 8.13. The second-order valence-corrected chi connectivity index (χ2v) is 6.52. The highest BCUT2D eigenvalue weighted by atomic mass is 32.1. The summed E-state index contributed by atoms with van der Waals surface area (Å²) >= 11 is 1.69. The van der Waals surface area contributed by atoms with E-state index in [0.717, 1.165) is 42.0 Å². The molecule has 3 heterocycles. The number of piperidine rings is 1. The Balaban J connectivity index is 1.75. The second kappa shape index (κ2) is 5.97. The van der Waals surface area contributed by atoms with Gasteiger partial charge in [0.25, 0.3) is 0 Å². The van der Waals surface area contributed by atoms with Crippen molar-refractivity contribution in [3.8, 4) is 0 Å². The highest BCUT2D eigenvalue weighted by Gasteiger charge is 2.27. The van der Waals surface area contributed by atoms with Crippen LogP contribution in [0.4, 0.5) is 5.82 Å². The fraction of sp³-hybridized carbons (Fsp3) is 0.533. The van der Waals surface area contributed by atoms with Gasteiger partial charge in [-0.05, 0) is 32.8 Å². The predicted molar refractivity (Wildman–Crippen MR) is 83.7 cm³/mol. The van der Waals surface area contributed by atoms with E-state index in [2.05, 4.69) is 27.9 Å². The zero-order chi connectivity index (χ0) is 14.8. The minimum Gasteiger partial charge on any atom is -0.466 e. The number of aromatic nitrogens is 2. The molecule has 1 fully saturated rings. The number of anilines is 1. The van der Waals surface area contributed by atoms with Crippen LogP contribution in [0.2, 0.25) is 0 Å². The van der Waals surface area contributed by atoms with E-state index >= 15 is 0 Å². The Morgan fingerprint density at radius 3 is 2.90 bits per heavy atom. The topological polar surface area (TPSA) is 55.3 Å². The van der Waals surface area contributed by atoms with Gasteiger partial charge in [0.15, 0.2) is 0 Å². The number of carbonyl (C=O) groups excluding carboxylic acids is 1. The summed E-state index contributed by atoms with van der Waals surface area (Å²) in [5.74, 6) is 0.964. The molecule has 5 nitrogen and oxygen atoms in total. The van der Waals surface area contributed by atoms with Crippen LogP contribution < -0.4 is 4.90 Å². The summed E-state index contributed by atoms with van der Waals surface area (Å²) in [6.07, 6.45) is 3.28. The molecule has 2 aromatic heterocycles. The van der Waals surface area contributed by atoms with E-state index in [1.54, 1.807) is 17.7 Å². The van der Waals surface area contributed by atoms with Gasteiger partial charge in [0, 0.05) is 18.0 Å². The molecule has 0 radical (unpaired) electrons. The summed E-state index contributed by atoms with van der Waals surface area (Å²) in [6.45, 7) is 6.07. The maximum atomic E-state index is 11.8. The fourth-order valence-corrected chi connectivity index (χ4v) is 3.64. The first kappa shape index (κ1) is 14.3. The van der Waals surface area contributed by atoms with Crippen molar-refractivity contribution >= 4 is 33.3 Å². The maximum absolute atomic E-state index is 11.8. The molecule has 1 aliphatic heterocycles. The van der Waals surface area contributed by atoms with Crippen LogP contribution >= 0.6 is 11.3 Å². The smallest absolute Gasteiger partial charge is 0.309 e. The summed E-state index contributed by atoms with van der Waals surface area (Å²) in [5.41, 5.74) is 0. The Labute approximate surface area is 128 Å². The van der Waals surface area contributed by atoms with Crippen molar-refractivity contribution in [2.75, 3.05) is 24.6 Å². The van der Waals surface area contributed by atoms with Crippen molar-refractivity contribution in [2.45, 2.75) is 26.7 Å². The zero-order valence-electron chi connectivity index (χ0n) is 12.3. The van der Waals surface area contributed by atoms with Crippen molar-refractivity contribution in [1.29, 1.82) is 0 Å². The number of rotatable bonds is 3. The molecular formula is C15H19N3O2S. The summed E-state index contributed by atoms with van der Waals surface area (Å²) in [5, 5.41) is 1.12. The molecule has 0 atom stereocenters. The molecule has 0 amide bonds. The lowest BCUT2D eigenvalue weighted by molar-refractivity contribution is -0.148. The number of aryl methyl sites for hydroxylation is 1. The Morgan fingerprint density at radius 2 is 2.19 bits per heavy atom. The summed E-state index contributed by atoms with van der Waals surface area (Å²) < 4.78 is 5.11. The van der Waals surface area contributed by atoms with Gasteiger partial charge in [-0.1, -0.05) is 0 Å². The minimum atomic E-state index is -0.0589. The van der Waals surface area contributed by atoms with Gasteiger partial charge < -0.3 is 9.64 Å². The monoisotopic (exact) mass is 305 g/mol. The van der Waals surface area contributed by atoms with E-state index in [-0.39, 0.29) is 11.9 Å². The van der Waals surface area contributed by atoms with Gasteiger partial charge in [-0.15, -0.1) is 11.3 Å². The van der Waals surface area contributed by atoms with Gasteiger partial charge in [0.2, 0.25) is 0 Å². The largest absolute Gasteiger partial charge is 0.466 e. The molecular weight excluding hydrogens is 286 g/mol. The van der Waals surface area contributed by atoms with E-state index in [1.807, 2.05) is 6.92 Å². The molecule has 6 heteroatoms. The molecule has 112 valence electrons. The van der Waals surface area contributed by atoms with E-state index in [9.17, 15) is 4.79 Å². The molecule has 0 aromatic carbocycles. The van der Waals surface area contributed by atoms with Crippen LogP contribution in [0.3, 0.4) is 0 Å². The molecule has 3 rings (SSSR count). The standard InChI is InChI=1S/C15H19N3O2S/c1-3-20-15(19)11-4-6-18(7-5-11)13-12-8-10(2)21-14(12)17-9-16-13/h8-9,11H,3-7H2,1-2H3. The Kier molecular flexibility index (Phi) is 4.05. The lowest BCUT2D eigenvalue weighted by atomic mass is 9.97. The van der Waals surface area contributed by atoms with Crippen molar-refractivity contribution in [1.82, 2.24) is 9.97 Å². The zero-order valence-corrected chi connectivity index (χ0v) is 13.2. The van der Waals surface area contributed by atoms with Crippen molar-refractivity contribution in [3.63, 3.8) is 0 Å². The highest BCUT2D eigenvalue weighted by Crippen LogP contribution is 2.32. The van der Waals surface area contributed by atoms with Gasteiger partial charge >= 0.3 is 5.97 Å². The third kappa shape index (κ3) is 2.85. The number of fused-ring (bicyclic) bond motifs is 1. The lowest BCUT2D eigenvalue weighted by Gasteiger charge is -2.31. The maximum Gasteiger partial charge on any atom is 0.309 e. The van der Waals surface area contributed by atoms with Gasteiger partial charge in [-0.2, -0.15) is 0 Å². The molecule has 0 spiro atoms. The first-order chi connectivity index (χ1) is 10.2. The van der Waals surface area contributed by atoms with Crippen LogP contribution in [0, 0.1) is 12.8 Å². The molecule has 21 heavy (non-hydrogen) atoms. The summed E-state index contributed by atoms with van der Waals surface area (Å²) in [6, 6.07) is 2.15. The molecule has 0 unspecified atom stereocenters. The third-order valence-corrected chi connectivity index (χ3v) is 4.80. The first-order valence-electron chi connectivity index (χ1n) is 7.31. The quantitative estimate of drug-likeness (QED) is 0.816. The average molecular weight is 305 g/mol. The van der Waals surface area contributed by atoms with Gasteiger partial charge in [-0.3, -0.25) is 4.79 Å². The molecule has 0 aliphatic carbocycles. The van der Waals surface area contributed by atoms with Crippen molar-refractivity contribution in [3.05, 3.63) is 17.3 Å². The van der Waals surface area contributed by atoms with E-state index in [4.69, 9.17) is 4.74 Å². The van der Waals surface area contributed by atoms with Crippen LogP contribution in [0.15, 0.2) is 12.4 Å². The summed E-state index contributed by atoms with van der Waals surface area (Å²) in [4.78, 5) is 25.1. The van der Waals surface area contributed by atoms with E-state index in [0.29, 0.717) is 6.61 Å². The molecule has 0 N–H and O–H groups in total. The normalized spacial score (nSPS) is 16.4.